The van der Waals surface area contributed by atoms with E-state index in [1.54, 1.807) is 12.1 Å². The molecule has 0 bridgehead atoms. The normalized spacial score (nSPS) is 16.0. The van der Waals surface area contributed by atoms with Gasteiger partial charge in [0.05, 0.1) is 10.7 Å². The fourth-order valence-corrected chi connectivity index (χ4v) is 3.33. The Balaban J connectivity index is 1.49. The van der Waals surface area contributed by atoms with E-state index in [0.29, 0.717) is 35.2 Å². The van der Waals surface area contributed by atoms with E-state index in [4.69, 9.17) is 27.9 Å². The molecule has 0 spiro atoms. The van der Waals surface area contributed by atoms with E-state index in [1.165, 1.54) is 0 Å². The maximum Gasteiger partial charge on any atom is 0.257 e. The van der Waals surface area contributed by atoms with E-state index in [9.17, 15) is 9.59 Å². The zero-order valence-electron chi connectivity index (χ0n) is 15.9. The number of carbonyl (C=O) groups is 2. The Kier molecular flexibility index (Phi) is 7.12. The molecule has 0 saturated carbocycles. The average molecular weight is 434 g/mol. The van der Waals surface area contributed by atoms with Crippen LogP contribution < -0.4 is 15.5 Å². The van der Waals surface area contributed by atoms with Crippen LogP contribution >= 0.6 is 23.2 Å². The van der Waals surface area contributed by atoms with Crippen molar-refractivity contribution < 1.29 is 14.3 Å². The van der Waals surface area contributed by atoms with Gasteiger partial charge in [-0.3, -0.25) is 9.59 Å². The van der Waals surface area contributed by atoms with Crippen LogP contribution in [0.25, 0.3) is 0 Å². The smallest absolute Gasteiger partial charge is 0.257 e. The molecule has 3 rings (SSSR count). The van der Waals surface area contributed by atoms with Crippen LogP contribution in [0.3, 0.4) is 0 Å². The molecular formula is C21H21Cl2N3O3. The number of nitrogens with zero attached hydrogens (tertiary/aromatic N) is 1. The molecule has 2 aromatic carbocycles. The molecule has 1 aliphatic heterocycles. The minimum Gasteiger partial charge on any atom is -0.482 e. The Morgan fingerprint density at radius 3 is 2.69 bits per heavy atom. The second kappa shape index (κ2) is 9.76. The van der Waals surface area contributed by atoms with Gasteiger partial charge in [-0.1, -0.05) is 42.3 Å². The standard InChI is InChI=1S/C21H21Cl2N3O3/c1-13-10-19(27)25-26-21(13)15-4-7-18(17(23)11-15)29-12-20(28)24-9-8-14-2-5-16(22)6-3-14/h2-7,11,13H,8-10,12H2,1H3,(H,24,28)(H,25,27). The summed E-state index contributed by atoms with van der Waals surface area (Å²) in [6, 6.07) is 12.7. The van der Waals surface area contributed by atoms with E-state index < -0.39 is 0 Å². The van der Waals surface area contributed by atoms with Crippen LogP contribution in [0.1, 0.15) is 24.5 Å². The van der Waals surface area contributed by atoms with Gasteiger partial charge in [0.1, 0.15) is 5.75 Å². The summed E-state index contributed by atoms with van der Waals surface area (Å²) >= 11 is 12.2. The lowest BCUT2D eigenvalue weighted by atomic mass is 9.94. The topological polar surface area (TPSA) is 79.8 Å². The summed E-state index contributed by atoms with van der Waals surface area (Å²) in [5.41, 5.74) is 5.14. The third-order valence-electron chi connectivity index (χ3n) is 4.49. The lowest BCUT2D eigenvalue weighted by Crippen LogP contribution is -2.32. The lowest BCUT2D eigenvalue weighted by molar-refractivity contribution is -0.123. The molecule has 29 heavy (non-hydrogen) atoms. The van der Waals surface area contributed by atoms with Crippen molar-refractivity contribution in [3.05, 3.63) is 63.6 Å². The molecule has 2 N–H and O–H groups in total. The van der Waals surface area contributed by atoms with Gasteiger partial charge < -0.3 is 10.1 Å². The Bertz CT molecular complexity index is 929. The predicted molar refractivity (Wildman–Crippen MR) is 114 cm³/mol. The summed E-state index contributed by atoms with van der Waals surface area (Å²) in [6.45, 7) is 2.30. The number of rotatable bonds is 7. The molecule has 0 aromatic heterocycles. The van der Waals surface area contributed by atoms with Crippen LogP contribution in [0.4, 0.5) is 0 Å². The molecular weight excluding hydrogens is 413 g/mol. The molecule has 152 valence electrons. The Morgan fingerprint density at radius 2 is 2.00 bits per heavy atom. The fourth-order valence-electron chi connectivity index (χ4n) is 2.97. The fraction of sp³-hybridized carbons (Fsp3) is 0.286. The molecule has 0 radical (unpaired) electrons. The van der Waals surface area contributed by atoms with E-state index in [1.807, 2.05) is 37.3 Å². The van der Waals surface area contributed by atoms with Gasteiger partial charge >= 0.3 is 0 Å². The third-order valence-corrected chi connectivity index (χ3v) is 5.04. The Morgan fingerprint density at radius 1 is 1.24 bits per heavy atom. The lowest BCUT2D eigenvalue weighted by Gasteiger charge is -2.19. The van der Waals surface area contributed by atoms with Gasteiger partial charge in [0.2, 0.25) is 5.91 Å². The number of halogens is 2. The predicted octanol–water partition coefficient (Wildman–Crippen LogP) is 3.59. The number of hydrazone groups is 1. The van der Waals surface area contributed by atoms with Crippen molar-refractivity contribution in [3.8, 4) is 5.75 Å². The van der Waals surface area contributed by atoms with Crippen molar-refractivity contribution in [2.24, 2.45) is 11.0 Å². The number of hydrogen-bond donors (Lipinski definition) is 2. The van der Waals surface area contributed by atoms with Gasteiger partial charge in [-0.15, -0.1) is 0 Å². The van der Waals surface area contributed by atoms with E-state index in [-0.39, 0.29) is 24.3 Å². The minimum atomic E-state index is -0.230. The third kappa shape index (κ3) is 5.95. The largest absolute Gasteiger partial charge is 0.482 e. The molecule has 8 heteroatoms. The minimum absolute atomic E-state index is 0.00185. The second-order valence-electron chi connectivity index (χ2n) is 6.80. The number of ether oxygens (including phenoxy) is 1. The van der Waals surface area contributed by atoms with Gasteiger partial charge in [-0.05, 0) is 47.9 Å². The van der Waals surface area contributed by atoms with E-state index in [0.717, 1.165) is 16.8 Å². The van der Waals surface area contributed by atoms with Gasteiger partial charge in [0, 0.05) is 23.9 Å². The zero-order chi connectivity index (χ0) is 20.8. The monoisotopic (exact) mass is 433 g/mol. The van der Waals surface area contributed by atoms with Crippen molar-refractivity contribution in [3.63, 3.8) is 0 Å². The highest BCUT2D eigenvalue weighted by Gasteiger charge is 2.22. The second-order valence-corrected chi connectivity index (χ2v) is 7.64. The van der Waals surface area contributed by atoms with Crippen molar-refractivity contribution in [1.82, 2.24) is 10.7 Å². The average Bonchev–Trinajstić information content (AvgIpc) is 2.68. The molecule has 1 unspecified atom stereocenters. The first-order valence-corrected chi connectivity index (χ1v) is 9.98. The van der Waals surface area contributed by atoms with Gasteiger partial charge in [0.15, 0.2) is 6.61 Å². The molecule has 0 fully saturated rings. The SMILES string of the molecule is CC1CC(=O)NN=C1c1ccc(OCC(=O)NCCc2ccc(Cl)cc2)c(Cl)c1. The molecule has 1 aliphatic rings. The summed E-state index contributed by atoms with van der Waals surface area (Å²) < 4.78 is 5.53. The molecule has 6 nitrogen and oxygen atoms in total. The van der Waals surface area contributed by atoms with Gasteiger partial charge in [0.25, 0.3) is 5.91 Å². The highest BCUT2D eigenvalue weighted by atomic mass is 35.5. The van der Waals surface area contributed by atoms with Gasteiger partial charge in [-0.25, -0.2) is 5.43 Å². The molecule has 1 atom stereocenters. The van der Waals surface area contributed by atoms with Crippen LogP contribution in [-0.4, -0.2) is 30.7 Å². The summed E-state index contributed by atoms with van der Waals surface area (Å²) in [4.78, 5) is 23.4. The highest BCUT2D eigenvalue weighted by molar-refractivity contribution is 6.32. The van der Waals surface area contributed by atoms with Crippen molar-refractivity contribution >= 4 is 40.7 Å². The molecule has 0 saturated heterocycles. The molecule has 1 heterocycles. The molecule has 2 aromatic rings. The van der Waals surface area contributed by atoms with Crippen LogP contribution in [0, 0.1) is 5.92 Å². The number of amides is 2. The number of carbonyl (C=O) groups excluding carboxylic acids is 2. The first-order chi connectivity index (χ1) is 13.9. The quantitative estimate of drug-likeness (QED) is 0.699. The van der Waals surface area contributed by atoms with Crippen molar-refractivity contribution in [2.75, 3.05) is 13.2 Å². The van der Waals surface area contributed by atoms with E-state index in [2.05, 4.69) is 15.8 Å². The maximum absolute atomic E-state index is 12.0. The van der Waals surface area contributed by atoms with Crippen LogP contribution in [0.2, 0.25) is 10.0 Å². The summed E-state index contributed by atoms with van der Waals surface area (Å²) in [6.07, 6.45) is 1.08. The molecule has 0 aliphatic carbocycles. The zero-order valence-corrected chi connectivity index (χ0v) is 17.4. The number of benzene rings is 2. The van der Waals surface area contributed by atoms with Crippen LogP contribution in [-0.2, 0) is 16.0 Å². The van der Waals surface area contributed by atoms with E-state index >= 15 is 0 Å². The van der Waals surface area contributed by atoms with Crippen molar-refractivity contribution in [1.29, 1.82) is 0 Å². The summed E-state index contributed by atoms with van der Waals surface area (Å²) in [7, 11) is 0. The number of nitrogens with one attached hydrogen (secondary N) is 2. The number of hydrogen-bond acceptors (Lipinski definition) is 4. The van der Waals surface area contributed by atoms with Crippen molar-refractivity contribution in [2.45, 2.75) is 19.8 Å². The van der Waals surface area contributed by atoms with Crippen LogP contribution in [0.5, 0.6) is 5.75 Å². The summed E-state index contributed by atoms with van der Waals surface area (Å²) in [5.74, 6) is 0.0795. The van der Waals surface area contributed by atoms with Crippen LogP contribution in [0.15, 0.2) is 47.6 Å². The highest BCUT2D eigenvalue weighted by Crippen LogP contribution is 2.27. The first kappa shape index (κ1) is 21.1. The Hall–Kier alpha value is -2.57. The molecule has 2 amide bonds. The summed E-state index contributed by atoms with van der Waals surface area (Å²) in [5, 5.41) is 7.99. The first-order valence-electron chi connectivity index (χ1n) is 9.22. The Labute approximate surface area is 179 Å². The van der Waals surface area contributed by atoms with Gasteiger partial charge in [-0.2, -0.15) is 5.10 Å². The maximum atomic E-state index is 12.0.